The fourth-order valence-corrected chi connectivity index (χ4v) is 3.30. The maximum absolute atomic E-state index is 12.1. The summed E-state index contributed by atoms with van der Waals surface area (Å²) < 4.78 is 6.29. The molecule has 0 radical (unpaired) electrons. The highest BCUT2D eigenvalue weighted by Crippen LogP contribution is 2.35. The van der Waals surface area contributed by atoms with Crippen molar-refractivity contribution in [2.45, 2.75) is 57.5 Å². The molecular formula is C14H21IN2O2. The van der Waals surface area contributed by atoms with E-state index in [0.29, 0.717) is 11.7 Å². The van der Waals surface area contributed by atoms with Gasteiger partial charge in [0.15, 0.2) is 0 Å². The smallest absolute Gasteiger partial charge is 0.264 e. The lowest BCUT2D eigenvalue weighted by Gasteiger charge is -2.26. The lowest BCUT2D eigenvalue weighted by Crippen LogP contribution is -2.31. The highest BCUT2D eigenvalue weighted by Gasteiger charge is 2.30. The van der Waals surface area contributed by atoms with Gasteiger partial charge in [0.25, 0.3) is 5.56 Å². The Morgan fingerprint density at radius 1 is 1.47 bits per heavy atom. The minimum atomic E-state index is -0.517. The molecule has 2 rings (SSSR count). The summed E-state index contributed by atoms with van der Waals surface area (Å²) in [5.41, 5.74) is 0.412. The molecule has 0 aliphatic heterocycles. The second-order valence-corrected chi connectivity index (χ2v) is 6.46. The van der Waals surface area contributed by atoms with Crippen molar-refractivity contribution in [2.24, 2.45) is 0 Å². The Kier molecular flexibility index (Phi) is 4.66. The zero-order chi connectivity index (χ0) is 14.0. The van der Waals surface area contributed by atoms with Crippen molar-refractivity contribution in [1.82, 2.24) is 9.97 Å². The monoisotopic (exact) mass is 376 g/mol. The molecular weight excluding hydrogens is 355 g/mol. The Bertz CT molecular complexity index is 503. The van der Waals surface area contributed by atoms with Crippen LogP contribution in [-0.2, 0) is 10.3 Å². The molecule has 1 fully saturated rings. The van der Waals surface area contributed by atoms with E-state index in [1.165, 1.54) is 12.8 Å². The predicted molar refractivity (Wildman–Crippen MR) is 83.4 cm³/mol. The molecule has 0 aromatic carbocycles. The van der Waals surface area contributed by atoms with Gasteiger partial charge in [-0.15, -0.1) is 0 Å². The highest BCUT2D eigenvalue weighted by atomic mass is 127. The van der Waals surface area contributed by atoms with Crippen LogP contribution in [0.25, 0.3) is 0 Å². The molecule has 4 nitrogen and oxygen atoms in total. The Morgan fingerprint density at radius 3 is 2.63 bits per heavy atom. The predicted octanol–water partition coefficient (Wildman–Crippen LogP) is 3.30. The summed E-state index contributed by atoms with van der Waals surface area (Å²) in [4.78, 5) is 19.8. The number of H-pyrrole nitrogens is 1. The fourth-order valence-electron chi connectivity index (χ4n) is 2.60. The van der Waals surface area contributed by atoms with Crippen molar-refractivity contribution >= 4 is 22.6 Å². The van der Waals surface area contributed by atoms with E-state index in [9.17, 15) is 4.79 Å². The first kappa shape index (κ1) is 15.0. The number of hydrogen-bond donors (Lipinski definition) is 1. The van der Waals surface area contributed by atoms with Gasteiger partial charge in [0, 0.05) is 13.0 Å². The number of halogens is 1. The SMILES string of the molecule is CCC(C)(OC)c1nc(C2CCCC2)c(I)c(=O)[nH]1. The molecule has 1 aromatic rings. The van der Waals surface area contributed by atoms with Gasteiger partial charge in [0.05, 0.1) is 9.26 Å². The topological polar surface area (TPSA) is 55.0 Å². The van der Waals surface area contributed by atoms with Gasteiger partial charge in [-0.25, -0.2) is 4.98 Å². The van der Waals surface area contributed by atoms with Crippen LogP contribution in [0, 0.1) is 3.57 Å². The molecule has 1 saturated carbocycles. The minimum Gasteiger partial charge on any atom is -0.371 e. The molecule has 1 aromatic heterocycles. The van der Waals surface area contributed by atoms with Crippen LogP contribution in [0.15, 0.2) is 4.79 Å². The van der Waals surface area contributed by atoms with Gasteiger partial charge in [-0.1, -0.05) is 19.8 Å². The van der Waals surface area contributed by atoms with Crippen molar-refractivity contribution in [3.05, 3.63) is 25.4 Å². The van der Waals surface area contributed by atoms with Gasteiger partial charge in [-0.05, 0) is 48.8 Å². The van der Waals surface area contributed by atoms with Crippen molar-refractivity contribution < 1.29 is 4.74 Å². The Hall–Kier alpha value is -0.430. The van der Waals surface area contributed by atoms with Crippen LogP contribution in [-0.4, -0.2) is 17.1 Å². The number of hydrogen-bond acceptors (Lipinski definition) is 3. The first-order valence-corrected chi connectivity index (χ1v) is 7.95. The average molecular weight is 376 g/mol. The van der Waals surface area contributed by atoms with Crippen LogP contribution in [0.1, 0.15) is 63.4 Å². The summed E-state index contributed by atoms with van der Waals surface area (Å²) in [6.45, 7) is 4.01. The van der Waals surface area contributed by atoms with E-state index in [4.69, 9.17) is 9.72 Å². The lowest BCUT2D eigenvalue weighted by molar-refractivity contribution is -0.00945. The van der Waals surface area contributed by atoms with Gasteiger partial charge >= 0.3 is 0 Å². The third-order valence-electron chi connectivity index (χ3n) is 4.26. The fraction of sp³-hybridized carbons (Fsp3) is 0.714. The van der Waals surface area contributed by atoms with Crippen molar-refractivity contribution in [3.8, 4) is 0 Å². The number of aromatic amines is 1. The summed E-state index contributed by atoms with van der Waals surface area (Å²) in [5, 5.41) is 0. The standard InChI is InChI=1S/C14H21IN2O2/c1-4-14(2,19-3)13-16-11(9-7-5-6-8-9)10(15)12(18)17-13/h9H,4-8H2,1-3H3,(H,16,17,18). The van der Waals surface area contributed by atoms with Crippen molar-refractivity contribution in [3.63, 3.8) is 0 Å². The van der Waals surface area contributed by atoms with E-state index in [-0.39, 0.29) is 5.56 Å². The quantitative estimate of drug-likeness (QED) is 0.821. The zero-order valence-electron chi connectivity index (χ0n) is 11.8. The minimum absolute atomic E-state index is 0.0378. The molecule has 5 heteroatoms. The summed E-state index contributed by atoms with van der Waals surface area (Å²) in [6, 6.07) is 0. The molecule has 0 bridgehead atoms. The molecule has 19 heavy (non-hydrogen) atoms. The summed E-state index contributed by atoms with van der Waals surface area (Å²) in [6.07, 6.45) is 5.53. The van der Waals surface area contributed by atoms with Crippen LogP contribution in [0.4, 0.5) is 0 Å². The molecule has 1 aliphatic carbocycles. The Balaban J connectivity index is 2.50. The second-order valence-electron chi connectivity index (χ2n) is 5.38. The second kappa shape index (κ2) is 5.91. The maximum Gasteiger partial charge on any atom is 0.264 e. The Morgan fingerprint density at radius 2 is 2.11 bits per heavy atom. The van der Waals surface area contributed by atoms with Crippen LogP contribution >= 0.6 is 22.6 Å². The van der Waals surface area contributed by atoms with E-state index in [1.54, 1.807) is 7.11 Å². The van der Waals surface area contributed by atoms with Gasteiger partial charge in [-0.2, -0.15) is 0 Å². The van der Waals surface area contributed by atoms with Crippen LogP contribution in [0.3, 0.4) is 0 Å². The number of nitrogens with zero attached hydrogens (tertiary/aromatic N) is 1. The van der Waals surface area contributed by atoms with E-state index in [1.807, 2.05) is 13.8 Å². The molecule has 1 aliphatic rings. The lowest BCUT2D eigenvalue weighted by atomic mass is 10.00. The highest BCUT2D eigenvalue weighted by molar-refractivity contribution is 14.1. The van der Waals surface area contributed by atoms with Crippen LogP contribution in [0.2, 0.25) is 0 Å². The molecule has 1 heterocycles. The van der Waals surface area contributed by atoms with Crippen molar-refractivity contribution in [2.75, 3.05) is 7.11 Å². The third-order valence-corrected chi connectivity index (χ3v) is 5.30. The maximum atomic E-state index is 12.1. The molecule has 1 unspecified atom stereocenters. The van der Waals surface area contributed by atoms with E-state index in [2.05, 4.69) is 27.6 Å². The normalized spacial score (nSPS) is 19.6. The third kappa shape index (κ3) is 2.86. The van der Waals surface area contributed by atoms with Gasteiger partial charge in [0.2, 0.25) is 0 Å². The van der Waals surface area contributed by atoms with Crippen LogP contribution in [0.5, 0.6) is 0 Å². The van der Waals surface area contributed by atoms with Crippen molar-refractivity contribution in [1.29, 1.82) is 0 Å². The zero-order valence-corrected chi connectivity index (χ0v) is 13.9. The first-order valence-electron chi connectivity index (χ1n) is 6.87. The number of methoxy groups -OCH3 is 1. The van der Waals surface area contributed by atoms with Crippen LogP contribution < -0.4 is 5.56 Å². The molecule has 0 saturated heterocycles. The first-order chi connectivity index (χ1) is 9.01. The molecule has 0 amide bonds. The average Bonchev–Trinajstić information content (AvgIpc) is 2.94. The van der Waals surface area contributed by atoms with Gasteiger partial charge in [-0.3, -0.25) is 4.79 Å². The molecule has 1 N–H and O–H groups in total. The van der Waals surface area contributed by atoms with Gasteiger partial charge in [0.1, 0.15) is 11.4 Å². The van der Waals surface area contributed by atoms with E-state index < -0.39 is 5.60 Å². The summed E-state index contributed by atoms with van der Waals surface area (Å²) in [5.74, 6) is 1.09. The summed E-state index contributed by atoms with van der Waals surface area (Å²) in [7, 11) is 1.66. The Labute approximate surface area is 127 Å². The number of ether oxygens (including phenoxy) is 1. The number of aromatic nitrogens is 2. The largest absolute Gasteiger partial charge is 0.371 e. The van der Waals surface area contributed by atoms with E-state index >= 15 is 0 Å². The number of nitrogens with one attached hydrogen (secondary N) is 1. The van der Waals surface area contributed by atoms with E-state index in [0.717, 1.165) is 28.5 Å². The number of rotatable bonds is 4. The van der Waals surface area contributed by atoms with Gasteiger partial charge < -0.3 is 9.72 Å². The molecule has 1 atom stereocenters. The molecule has 106 valence electrons. The summed E-state index contributed by atoms with van der Waals surface area (Å²) >= 11 is 2.12. The molecule has 0 spiro atoms.